The van der Waals surface area contributed by atoms with Gasteiger partial charge in [0.05, 0.1) is 11.4 Å². The van der Waals surface area contributed by atoms with E-state index in [-0.39, 0.29) is 11.8 Å². The lowest BCUT2D eigenvalue weighted by Crippen LogP contribution is -2.41. The van der Waals surface area contributed by atoms with Crippen LogP contribution in [0.25, 0.3) is 0 Å². The van der Waals surface area contributed by atoms with Gasteiger partial charge in [0.15, 0.2) is 0 Å². The van der Waals surface area contributed by atoms with Crippen molar-refractivity contribution in [1.29, 1.82) is 0 Å². The van der Waals surface area contributed by atoms with Crippen LogP contribution in [0.3, 0.4) is 0 Å². The minimum Gasteiger partial charge on any atom is -0.353 e. The predicted octanol–water partition coefficient (Wildman–Crippen LogP) is 3.00. The van der Waals surface area contributed by atoms with Gasteiger partial charge in [0.25, 0.3) is 0 Å². The molecule has 1 N–H and O–H groups in total. The Morgan fingerprint density at radius 3 is 3.08 bits per heavy atom. The summed E-state index contributed by atoms with van der Waals surface area (Å²) in [5, 5.41) is 4.08. The SMILES string of the molecule is CC1CCCCC1NC(=O)CCCN1C(=O)CSc2ncccc21. The highest BCUT2D eigenvalue weighted by atomic mass is 32.2. The molecule has 1 aliphatic heterocycles. The van der Waals surface area contributed by atoms with E-state index >= 15 is 0 Å². The Morgan fingerprint density at radius 2 is 2.25 bits per heavy atom. The van der Waals surface area contributed by atoms with Crippen LogP contribution in [-0.4, -0.2) is 35.1 Å². The summed E-state index contributed by atoms with van der Waals surface area (Å²) in [6.07, 6.45) is 7.67. The lowest BCUT2D eigenvalue weighted by atomic mass is 9.86. The maximum Gasteiger partial charge on any atom is 0.237 e. The topological polar surface area (TPSA) is 62.3 Å². The summed E-state index contributed by atoms with van der Waals surface area (Å²) in [5.41, 5.74) is 0.875. The first-order valence-corrected chi connectivity index (χ1v) is 9.81. The Hall–Kier alpha value is -1.56. The lowest BCUT2D eigenvalue weighted by molar-refractivity contribution is -0.122. The van der Waals surface area contributed by atoms with Crippen LogP contribution in [-0.2, 0) is 9.59 Å². The number of fused-ring (bicyclic) bond motifs is 1. The zero-order valence-corrected chi connectivity index (χ0v) is 15.0. The van der Waals surface area contributed by atoms with Crippen molar-refractivity contribution >= 4 is 29.3 Å². The molecule has 2 amide bonds. The first-order chi connectivity index (χ1) is 11.6. The average molecular weight is 347 g/mol. The maximum atomic E-state index is 12.2. The Bertz CT molecular complexity index is 608. The van der Waals surface area contributed by atoms with Crippen LogP contribution >= 0.6 is 11.8 Å². The second kappa shape index (κ2) is 8.01. The highest BCUT2D eigenvalue weighted by Gasteiger charge is 2.26. The van der Waals surface area contributed by atoms with Crippen LogP contribution in [0.1, 0.15) is 45.4 Å². The minimum atomic E-state index is 0.0989. The summed E-state index contributed by atoms with van der Waals surface area (Å²) in [4.78, 5) is 30.5. The largest absolute Gasteiger partial charge is 0.353 e. The van der Waals surface area contributed by atoms with Crippen molar-refractivity contribution in [2.45, 2.75) is 56.5 Å². The number of carbonyl (C=O) groups excluding carboxylic acids is 2. The van der Waals surface area contributed by atoms with E-state index in [1.165, 1.54) is 31.0 Å². The summed E-state index contributed by atoms with van der Waals surface area (Å²) in [7, 11) is 0. The molecule has 5 nitrogen and oxygen atoms in total. The zero-order chi connectivity index (χ0) is 16.9. The van der Waals surface area contributed by atoms with Crippen LogP contribution < -0.4 is 10.2 Å². The van der Waals surface area contributed by atoms with Crippen molar-refractivity contribution < 1.29 is 9.59 Å². The number of anilines is 1. The molecule has 0 aromatic carbocycles. The van der Waals surface area contributed by atoms with Crippen LogP contribution in [0.4, 0.5) is 5.69 Å². The van der Waals surface area contributed by atoms with E-state index in [1.54, 1.807) is 11.1 Å². The minimum absolute atomic E-state index is 0.0989. The molecule has 2 heterocycles. The number of hydrogen-bond donors (Lipinski definition) is 1. The molecule has 1 aromatic heterocycles. The lowest BCUT2D eigenvalue weighted by Gasteiger charge is -2.30. The van der Waals surface area contributed by atoms with Gasteiger partial charge in [-0.1, -0.05) is 31.5 Å². The van der Waals surface area contributed by atoms with Gasteiger partial charge in [0.1, 0.15) is 5.03 Å². The molecule has 1 aliphatic carbocycles. The third kappa shape index (κ3) is 4.09. The van der Waals surface area contributed by atoms with Gasteiger partial charge >= 0.3 is 0 Å². The molecule has 6 heteroatoms. The van der Waals surface area contributed by atoms with E-state index in [0.29, 0.717) is 37.1 Å². The first-order valence-electron chi connectivity index (χ1n) is 8.82. The standard InChI is InChI=1S/C18H25N3O2S/c1-13-6-2-3-7-14(13)20-16(22)9-5-11-21-15-8-4-10-19-18(15)24-12-17(21)23/h4,8,10,13-14H,2-3,5-7,9,11-12H2,1H3,(H,20,22). The van der Waals surface area contributed by atoms with Crippen molar-refractivity contribution in [3.63, 3.8) is 0 Å². The van der Waals surface area contributed by atoms with E-state index in [0.717, 1.165) is 17.1 Å². The molecule has 130 valence electrons. The zero-order valence-electron chi connectivity index (χ0n) is 14.2. The fourth-order valence-corrected chi connectivity index (χ4v) is 4.37. The molecular formula is C18H25N3O2S. The van der Waals surface area contributed by atoms with Gasteiger partial charge in [-0.3, -0.25) is 9.59 Å². The second-order valence-electron chi connectivity index (χ2n) is 6.70. The fraction of sp³-hybridized carbons (Fsp3) is 0.611. The fourth-order valence-electron chi connectivity index (χ4n) is 3.49. The van der Waals surface area contributed by atoms with Crippen molar-refractivity contribution in [1.82, 2.24) is 10.3 Å². The summed E-state index contributed by atoms with van der Waals surface area (Å²) in [6, 6.07) is 4.10. The summed E-state index contributed by atoms with van der Waals surface area (Å²) < 4.78 is 0. The van der Waals surface area contributed by atoms with E-state index in [9.17, 15) is 9.59 Å². The first kappa shape index (κ1) is 17.3. The van der Waals surface area contributed by atoms with Crippen LogP contribution in [0.5, 0.6) is 0 Å². The molecule has 0 spiro atoms. The number of pyridine rings is 1. The van der Waals surface area contributed by atoms with Gasteiger partial charge in [0.2, 0.25) is 11.8 Å². The molecule has 0 radical (unpaired) electrons. The van der Waals surface area contributed by atoms with E-state index in [4.69, 9.17) is 0 Å². The Kier molecular flexibility index (Phi) is 5.76. The molecule has 0 saturated heterocycles. The molecule has 1 fully saturated rings. The van der Waals surface area contributed by atoms with Crippen molar-refractivity contribution in [2.75, 3.05) is 17.2 Å². The molecule has 1 saturated carbocycles. The van der Waals surface area contributed by atoms with Crippen molar-refractivity contribution in [2.24, 2.45) is 5.92 Å². The Balaban J connectivity index is 1.49. The second-order valence-corrected chi connectivity index (χ2v) is 7.67. The summed E-state index contributed by atoms with van der Waals surface area (Å²) in [5.74, 6) is 1.21. The van der Waals surface area contributed by atoms with Gasteiger partial charge in [-0.15, -0.1) is 0 Å². The quantitative estimate of drug-likeness (QED) is 0.889. The number of rotatable bonds is 5. The molecule has 3 rings (SSSR count). The van der Waals surface area contributed by atoms with E-state index < -0.39 is 0 Å². The summed E-state index contributed by atoms with van der Waals surface area (Å²) in [6.45, 7) is 2.80. The van der Waals surface area contributed by atoms with Gasteiger partial charge in [-0.2, -0.15) is 0 Å². The Labute approximate surface area is 147 Å². The molecule has 2 unspecified atom stereocenters. The third-order valence-corrected chi connectivity index (χ3v) is 5.90. The molecule has 0 bridgehead atoms. The number of carbonyl (C=O) groups is 2. The Morgan fingerprint density at radius 1 is 1.42 bits per heavy atom. The third-order valence-electron chi connectivity index (χ3n) is 4.92. The number of nitrogens with one attached hydrogen (secondary N) is 1. The molecular weight excluding hydrogens is 322 g/mol. The molecule has 24 heavy (non-hydrogen) atoms. The number of hydrogen-bond acceptors (Lipinski definition) is 4. The van der Waals surface area contributed by atoms with Gasteiger partial charge in [0, 0.05) is 25.2 Å². The van der Waals surface area contributed by atoms with E-state index in [2.05, 4.69) is 17.2 Å². The van der Waals surface area contributed by atoms with Gasteiger partial charge in [-0.05, 0) is 37.3 Å². The predicted molar refractivity (Wildman–Crippen MR) is 96.1 cm³/mol. The van der Waals surface area contributed by atoms with Crippen LogP contribution in [0.15, 0.2) is 23.4 Å². The number of thioether (sulfide) groups is 1. The van der Waals surface area contributed by atoms with Crippen molar-refractivity contribution in [3.8, 4) is 0 Å². The average Bonchev–Trinajstić information content (AvgIpc) is 2.59. The normalized spacial score (nSPS) is 23.7. The van der Waals surface area contributed by atoms with Gasteiger partial charge < -0.3 is 10.2 Å². The van der Waals surface area contributed by atoms with Crippen LogP contribution in [0, 0.1) is 5.92 Å². The van der Waals surface area contributed by atoms with E-state index in [1.807, 2.05) is 12.1 Å². The highest BCUT2D eigenvalue weighted by Crippen LogP contribution is 2.33. The highest BCUT2D eigenvalue weighted by molar-refractivity contribution is 8.00. The summed E-state index contributed by atoms with van der Waals surface area (Å²) >= 11 is 1.48. The monoisotopic (exact) mass is 347 g/mol. The number of nitrogens with zero attached hydrogens (tertiary/aromatic N) is 2. The van der Waals surface area contributed by atoms with Gasteiger partial charge in [-0.25, -0.2) is 4.98 Å². The molecule has 1 aromatic rings. The van der Waals surface area contributed by atoms with Crippen LogP contribution in [0.2, 0.25) is 0 Å². The molecule has 2 atom stereocenters. The smallest absolute Gasteiger partial charge is 0.237 e. The number of amides is 2. The maximum absolute atomic E-state index is 12.2. The molecule has 2 aliphatic rings. The van der Waals surface area contributed by atoms with Crippen molar-refractivity contribution in [3.05, 3.63) is 18.3 Å². The number of aromatic nitrogens is 1.